The van der Waals surface area contributed by atoms with Crippen molar-refractivity contribution in [2.24, 2.45) is 17.6 Å². The van der Waals surface area contributed by atoms with Gasteiger partial charge in [0.15, 0.2) is 0 Å². The summed E-state index contributed by atoms with van der Waals surface area (Å²) in [6.07, 6.45) is 3.05. The van der Waals surface area contributed by atoms with Crippen LogP contribution in [0.5, 0.6) is 0 Å². The lowest BCUT2D eigenvalue weighted by Crippen LogP contribution is -2.57. The number of nitrogens with one attached hydrogen (secondary N) is 2. The lowest BCUT2D eigenvalue weighted by Gasteiger charge is -2.32. The molecule has 0 aliphatic rings. The maximum Gasteiger partial charge on any atom is 0.245 e. The Labute approximate surface area is 216 Å². The molecule has 3 unspecified atom stereocenters. The Kier molecular flexibility index (Phi) is 13.8. The monoisotopic (exact) mass is 502 g/mol. The Bertz CT molecular complexity index is 841. The Hall–Kier alpha value is -2.90. The van der Waals surface area contributed by atoms with E-state index in [1.807, 2.05) is 58.0 Å². The van der Waals surface area contributed by atoms with E-state index in [1.165, 1.54) is 4.90 Å². The molecule has 8 nitrogen and oxygen atoms in total. The average Bonchev–Trinajstić information content (AvgIpc) is 2.80. The average molecular weight is 503 g/mol. The first-order valence-electron chi connectivity index (χ1n) is 13.2. The number of carbonyl (C=O) groups is 4. The third-order valence-electron chi connectivity index (χ3n) is 6.09. The molecule has 0 fully saturated rings. The molecule has 0 radical (unpaired) electrons. The predicted molar refractivity (Wildman–Crippen MR) is 143 cm³/mol. The highest BCUT2D eigenvalue weighted by Crippen LogP contribution is 2.14. The molecule has 1 aromatic carbocycles. The van der Waals surface area contributed by atoms with Crippen LogP contribution in [0.3, 0.4) is 0 Å². The second kappa shape index (κ2) is 16.0. The fourth-order valence-electron chi connectivity index (χ4n) is 4.26. The summed E-state index contributed by atoms with van der Waals surface area (Å²) in [5.74, 6) is -1.13. The second-order valence-electron chi connectivity index (χ2n) is 10.2. The molecule has 4 amide bonds. The lowest BCUT2D eigenvalue weighted by molar-refractivity contribution is -0.143. The molecule has 8 heteroatoms. The smallest absolute Gasteiger partial charge is 0.245 e. The molecule has 0 aromatic heterocycles. The summed E-state index contributed by atoms with van der Waals surface area (Å²) < 4.78 is 0. The van der Waals surface area contributed by atoms with E-state index in [2.05, 4.69) is 10.6 Å². The van der Waals surface area contributed by atoms with Gasteiger partial charge in [0.1, 0.15) is 18.1 Å². The van der Waals surface area contributed by atoms with Crippen LogP contribution in [-0.4, -0.2) is 53.2 Å². The third-order valence-corrected chi connectivity index (χ3v) is 6.09. The first-order valence-corrected chi connectivity index (χ1v) is 13.2. The van der Waals surface area contributed by atoms with Gasteiger partial charge in [-0.3, -0.25) is 19.2 Å². The van der Waals surface area contributed by atoms with Gasteiger partial charge in [-0.25, -0.2) is 0 Å². The molecule has 3 atom stereocenters. The number of nitrogens with two attached hydrogens (primary N) is 1. The molecule has 36 heavy (non-hydrogen) atoms. The predicted octanol–water partition coefficient (Wildman–Crippen LogP) is 3.18. The molecule has 1 aromatic rings. The summed E-state index contributed by atoms with van der Waals surface area (Å²) in [4.78, 5) is 52.7. The molecule has 1 rings (SSSR count). The number of primary amides is 1. The number of rotatable bonds is 16. The quantitative estimate of drug-likeness (QED) is 0.321. The van der Waals surface area contributed by atoms with Crippen molar-refractivity contribution in [3.05, 3.63) is 35.9 Å². The number of amides is 4. The van der Waals surface area contributed by atoms with Gasteiger partial charge >= 0.3 is 0 Å². The first-order chi connectivity index (χ1) is 17.0. The van der Waals surface area contributed by atoms with Gasteiger partial charge in [0.25, 0.3) is 0 Å². The minimum atomic E-state index is -0.815. The van der Waals surface area contributed by atoms with Gasteiger partial charge in [-0.1, -0.05) is 65.0 Å². The molecule has 0 bridgehead atoms. The maximum absolute atomic E-state index is 13.4. The fourth-order valence-corrected chi connectivity index (χ4v) is 4.26. The minimum absolute atomic E-state index is 0.170. The number of hydrogen-bond acceptors (Lipinski definition) is 4. The van der Waals surface area contributed by atoms with Crippen molar-refractivity contribution in [2.45, 2.75) is 98.2 Å². The zero-order valence-electron chi connectivity index (χ0n) is 22.9. The van der Waals surface area contributed by atoms with E-state index in [4.69, 9.17) is 5.73 Å². The number of likely N-dealkylation sites (N-methyl/N-ethyl adjacent to an activating group) is 1. The van der Waals surface area contributed by atoms with Gasteiger partial charge < -0.3 is 21.3 Å². The Morgan fingerprint density at radius 3 is 2.06 bits per heavy atom. The molecule has 0 aliphatic heterocycles. The normalized spacial score (nSPS) is 13.7. The number of nitrogens with zero attached hydrogens (tertiary/aromatic N) is 1. The molecule has 0 saturated carbocycles. The summed E-state index contributed by atoms with van der Waals surface area (Å²) in [6, 6.07) is 7.64. The van der Waals surface area contributed by atoms with Crippen molar-refractivity contribution in [2.75, 3.05) is 6.54 Å². The largest absolute Gasteiger partial charge is 0.368 e. The van der Waals surface area contributed by atoms with E-state index >= 15 is 0 Å². The van der Waals surface area contributed by atoms with E-state index in [1.54, 1.807) is 13.8 Å². The molecule has 0 aliphatic carbocycles. The first kappa shape index (κ1) is 31.1. The number of aryl methyl sites for hydroxylation is 1. The number of hydrogen-bond donors (Lipinski definition) is 3. The van der Waals surface area contributed by atoms with Crippen LogP contribution < -0.4 is 16.4 Å². The molecule has 202 valence electrons. The van der Waals surface area contributed by atoms with Crippen molar-refractivity contribution in [3.63, 3.8) is 0 Å². The van der Waals surface area contributed by atoms with Gasteiger partial charge in [-0.15, -0.1) is 0 Å². The van der Waals surface area contributed by atoms with Gasteiger partial charge in [0.05, 0.1) is 0 Å². The van der Waals surface area contributed by atoms with Crippen molar-refractivity contribution in [3.8, 4) is 0 Å². The number of carbonyl (C=O) groups excluding carboxylic acids is 4. The zero-order valence-corrected chi connectivity index (χ0v) is 22.9. The topological polar surface area (TPSA) is 122 Å². The van der Waals surface area contributed by atoms with Crippen LogP contribution in [0.1, 0.15) is 79.2 Å². The van der Waals surface area contributed by atoms with Crippen molar-refractivity contribution in [1.29, 1.82) is 0 Å². The van der Waals surface area contributed by atoms with Crippen LogP contribution >= 0.6 is 0 Å². The number of benzene rings is 1. The highest BCUT2D eigenvalue weighted by Gasteiger charge is 2.33. The zero-order chi connectivity index (χ0) is 27.3. The van der Waals surface area contributed by atoms with Crippen LogP contribution in [0.15, 0.2) is 30.3 Å². The molecule has 0 spiro atoms. The summed E-state index contributed by atoms with van der Waals surface area (Å²) >= 11 is 0. The summed E-state index contributed by atoms with van der Waals surface area (Å²) in [5.41, 5.74) is 6.86. The lowest BCUT2D eigenvalue weighted by atomic mass is 10.0. The van der Waals surface area contributed by atoms with Crippen LogP contribution in [-0.2, 0) is 25.6 Å². The van der Waals surface area contributed by atoms with Crippen molar-refractivity contribution in [1.82, 2.24) is 15.5 Å². The minimum Gasteiger partial charge on any atom is -0.368 e. The second-order valence-corrected chi connectivity index (χ2v) is 10.2. The summed E-state index contributed by atoms with van der Waals surface area (Å²) in [5, 5.41) is 5.65. The summed E-state index contributed by atoms with van der Waals surface area (Å²) in [6.45, 7) is 11.7. The van der Waals surface area contributed by atoms with E-state index in [0.29, 0.717) is 38.6 Å². The van der Waals surface area contributed by atoms with Crippen molar-refractivity contribution >= 4 is 23.6 Å². The molecular weight excluding hydrogens is 456 g/mol. The fraction of sp³-hybridized carbons (Fsp3) is 0.643. The molecule has 0 heterocycles. The van der Waals surface area contributed by atoms with E-state index in [-0.39, 0.29) is 23.7 Å². The van der Waals surface area contributed by atoms with Crippen LogP contribution in [0.4, 0.5) is 0 Å². The molecule has 0 saturated heterocycles. The van der Waals surface area contributed by atoms with Gasteiger partial charge in [0, 0.05) is 13.0 Å². The maximum atomic E-state index is 13.4. The molecule has 4 N–H and O–H groups in total. The SMILES string of the molecule is CCC(NC(=O)C(CC(C)C)NC(=O)CC(C)C)C(=O)N(CC)C(CCCc1ccccc1)C(N)=O. The third kappa shape index (κ3) is 10.8. The van der Waals surface area contributed by atoms with Gasteiger partial charge in [-0.2, -0.15) is 0 Å². The van der Waals surface area contributed by atoms with Crippen LogP contribution in [0.25, 0.3) is 0 Å². The van der Waals surface area contributed by atoms with Crippen molar-refractivity contribution < 1.29 is 19.2 Å². The van der Waals surface area contributed by atoms with Gasteiger partial charge in [-0.05, 0) is 56.4 Å². The van der Waals surface area contributed by atoms with Gasteiger partial charge in [0.2, 0.25) is 23.6 Å². The van der Waals surface area contributed by atoms with Crippen LogP contribution in [0, 0.1) is 11.8 Å². The highest BCUT2D eigenvalue weighted by atomic mass is 16.2. The van der Waals surface area contributed by atoms with Crippen LogP contribution in [0.2, 0.25) is 0 Å². The Morgan fingerprint density at radius 2 is 1.56 bits per heavy atom. The Morgan fingerprint density at radius 1 is 0.917 bits per heavy atom. The van der Waals surface area contributed by atoms with E-state index in [0.717, 1.165) is 12.0 Å². The Balaban J connectivity index is 2.92. The van der Waals surface area contributed by atoms with E-state index in [9.17, 15) is 19.2 Å². The van der Waals surface area contributed by atoms with E-state index < -0.39 is 29.9 Å². The highest BCUT2D eigenvalue weighted by molar-refractivity contribution is 5.94. The summed E-state index contributed by atoms with van der Waals surface area (Å²) in [7, 11) is 0. The molecular formula is C28H46N4O4. The standard InChI is InChI=1S/C28H46N4O4/c1-7-22(31-27(35)23(17-19(3)4)30-25(33)18-20(5)6)28(36)32(8-2)24(26(29)34)16-12-15-21-13-10-9-11-14-21/h9-11,13-14,19-20,22-24H,7-8,12,15-18H2,1-6H3,(H2,29,34)(H,30,33)(H,31,35).